The zero-order valence-electron chi connectivity index (χ0n) is 15.2. The fourth-order valence-corrected chi connectivity index (χ4v) is 4.04. The van der Waals surface area contributed by atoms with Gasteiger partial charge in [-0.1, -0.05) is 25.0 Å². The SMILES string of the molecule is CN=C(NCc1ccc(NC(=O)OC)cc1)N1CCC2(CCCC2)C1. The van der Waals surface area contributed by atoms with Crippen molar-refractivity contribution in [3.05, 3.63) is 29.8 Å². The van der Waals surface area contributed by atoms with Gasteiger partial charge in [-0.3, -0.25) is 10.3 Å². The second kappa shape index (κ2) is 7.76. The van der Waals surface area contributed by atoms with Crippen LogP contribution < -0.4 is 10.6 Å². The van der Waals surface area contributed by atoms with Crippen LogP contribution in [0.25, 0.3) is 0 Å². The minimum atomic E-state index is -0.457. The summed E-state index contributed by atoms with van der Waals surface area (Å²) in [6.45, 7) is 2.95. The molecular formula is C19H28N4O2. The number of ether oxygens (including phenoxy) is 1. The van der Waals surface area contributed by atoms with Crippen LogP contribution in [0.2, 0.25) is 0 Å². The maximum absolute atomic E-state index is 11.2. The number of aliphatic imine (C=N–C) groups is 1. The average Bonchev–Trinajstić information content (AvgIpc) is 3.27. The van der Waals surface area contributed by atoms with E-state index in [9.17, 15) is 4.79 Å². The van der Waals surface area contributed by atoms with E-state index in [2.05, 4.69) is 25.3 Å². The Morgan fingerprint density at radius 3 is 2.60 bits per heavy atom. The van der Waals surface area contributed by atoms with Gasteiger partial charge >= 0.3 is 6.09 Å². The Balaban J connectivity index is 1.52. The van der Waals surface area contributed by atoms with E-state index in [0.717, 1.165) is 30.3 Å². The fourth-order valence-electron chi connectivity index (χ4n) is 4.04. The Labute approximate surface area is 149 Å². The minimum absolute atomic E-state index is 0.457. The summed E-state index contributed by atoms with van der Waals surface area (Å²) in [6, 6.07) is 7.74. The molecule has 136 valence electrons. The van der Waals surface area contributed by atoms with E-state index in [-0.39, 0.29) is 0 Å². The lowest BCUT2D eigenvalue weighted by Crippen LogP contribution is -2.40. The van der Waals surface area contributed by atoms with Gasteiger partial charge in [0, 0.05) is 32.4 Å². The Bertz CT molecular complexity index is 621. The molecule has 2 fully saturated rings. The monoisotopic (exact) mass is 344 g/mol. The second-order valence-corrected chi connectivity index (χ2v) is 7.09. The van der Waals surface area contributed by atoms with E-state index < -0.39 is 6.09 Å². The zero-order valence-corrected chi connectivity index (χ0v) is 15.2. The number of amides is 1. The first-order valence-corrected chi connectivity index (χ1v) is 9.04. The standard InChI is InChI=1S/C19H28N4O2/c1-20-17(23-12-11-19(14-23)9-3-4-10-19)21-13-15-5-7-16(8-6-15)22-18(24)25-2/h5-8H,3-4,9-14H2,1-2H3,(H,20,21)(H,22,24). The molecule has 1 aliphatic carbocycles. The molecule has 1 amide bonds. The lowest BCUT2D eigenvalue weighted by molar-refractivity contribution is 0.187. The van der Waals surface area contributed by atoms with Gasteiger partial charge in [-0.05, 0) is 42.4 Å². The molecule has 1 aromatic carbocycles. The van der Waals surface area contributed by atoms with Crippen LogP contribution in [0.1, 0.15) is 37.7 Å². The van der Waals surface area contributed by atoms with Crippen molar-refractivity contribution in [2.45, 2.75) is 38.6 Å². The summed E-state index contributed by atoms with van der Waals surface area (Å²) in [7, 11) is 3.21. The van der Waals surface area contributed by atoms with Crippen molar-refractivity contribution in [1.82, 2.24) is 10.2 Å². The first-order chi connectivity index (χ1) is 12.1. The molecule has 3 rings (SSSR count). The molecule has 0 radical (unpaired) electrons. The molecule has 1 saturated heterocycles. The molecule has 1 aliphatic heterocycles. The molecule has 2 aliphatic rings. The smallest absolute Gasteiger partial charge is 0.411 e. The molecule has 0 unspecified atom stereocenters. The Hall–Kier alpha value is -2.24. The van der Waals surface area contributed by atoms with Gasteiger partial charge < -0.3 is 15.0 Å². The number of anilines is 1. The van der Waals surface area contributed by atoms with Crippen molar-refractivity contribution < 1.29 is 9.53 Å². The number of hydrogen-bond donors (Lipinski definition) is 2. The average molecular weight is 344 g/mol. The minimum Gasteiger partial charge on any atom is -0.453 e. The highest BCUT2D eigenvalue weighted by Crippen LogP contribution is 2.45. The second-order valence-electron chi connectivity index (χ2n) is 7.09. The normalized spacial score (nSPS) is 19.3. The highest BCUT2D eigenvalue weighted by Gasteiger charge is 2.40. The largest absolute Gasteiger partial charge is 0.453 e. The maximum atomic E-state index is 11.2. The number of nitrogens with one attached hydrogen (secondary N) is 2. The Morgan fingerprint density at radius 1 is 1.24 bits per heavy atom. The number of carbonyl (C=O) groups excluding carboxylic acids is 1. The summed E-state index contributed by atoms with van der Waals surface area (Å²) in [4.78, 5) is 18.1. The lowest BCUT2D eigenvalue weighted by atomic mass is 9.86. The van der Waals surface area contributed by atoms with Gasteiger partial charge in [0.25, 0.3) is 0 Å². The third kappa shape index (κ3) is 4.24. The van der Waals surface area contributed by atoms with Crippen LogP contribution in [-0.4, -0.2) is 44.2 Å². The molecule has 1 aromatic rings. The van der Waals surface area contributed by atoms with E-state index in [1.807, 2.05) is 31.3 Å². The van der Waals surface area contributed by atoms with Gasteiger partial charge in [-0.2, -0.15) is 0 Å². The first-order valence-electron chi connectivity index (χ1n) is 9.04. The van der Waals surface area contributed by atoms with E-state index in [1.165, 1.54) is 39.2 Å². The van der Waals surface area contributed by atoms with Crippen molar-refractivity contribution in [1.29, 1.82) is 0 Å². The molecule has 1 heterocycles. The summed E-state index contributed by atoms with van der Waals surface area (Å²) < 4.78 is 4.59. The summed E-state index contributed by atoms with van der Waals surface area (Å²) >= 11 is 0. The van der Waals surface area contributed by atoms with Gasteiger partial charge in [0.2, 0.25) is 0 Å². The van der Waals surface area contributed by atoms with Crippen molar-refractivity contribution in [2.24, 2.45) is 10.4 Å². The van der Waals surface area contributed by atoms with Crippen LogP contribution in [0.15, 0.2) is 29.3 Å². The highest BCUT2D eigenvalue weighted by atomic mass is 16.5. The molecule has 0 bridgehead atoms. The number of methoxy groups -OCH3 is 1. The third-order valence-electron chi connectivity index (χ3n) is 5.45. The molecule has 0 atom stereocenters. The van der Waals surface area contributed by atoms with Crippen LogP contribution in [0, 0.1) is 5.41 Å². The zero-order chi connectivity index (χ0) is 17.7. The highest BCUT2D eigenvalue weighted by molar-refractivity contribution is 5.84. The van der Waals surface area contributed by atoms with Crippen molar-refractivity contribution in [2.75, 3.05) is 32.6 Å². The molecular weight excluding hydrogens is 316 g/mol. The lowest BCUT2D eigenvalue weighted by Gasteiger charge is -2.26. The molecule has 6 nitrogen and oxygen atoms in total. The first kappa shape index (κ1) is 17.6. The van der Waals surface area contributed by atoms with E-state index in [1.54, 1.807) is 0 Å². The van der Waals surface area contributed by atoms with Crippen LogP contribution in [0.4, 0.5) is 10.5 Å². The number of carbonyl (C=O) groups is 1. The molecule has 2 N–H and O–H groups in total. The Morgan fingerprint density at radius 2 is 1.96 bits per heavy atom. The topological polar surface area (TPSA) is 66.0 Å². The maximum Gasteiger partial charge on any atom is 0.411 e. The molecule has 6 heteroatoms. The fraction of sp³-hybridized carbons (Fsp3) is 0.579. The van der Waals surface area contributed by atoms with Crippen molar-refractivity contribution in [3.63, 3.8) is 0 Å². The number of rotatable bonds is 3. The van der Waals surface area contributed by atoms with Gasteiger partial charge in [-0.25, -0.2) is 4.79 Å². The quantitative estimate of drug-likeness (QED) is 0.653. The van der Waals surface area contributed by atoms with Gasteiger partial charge in [0.15, 0.2) is 5.96 Å². The van der Waals surface area contributed by atoms with E-state index in [0.29, 0.717) is 12.0 Å². The Kier molecular flexibility index (Phi) is 5.46. The summed E-state index contributed by atoms with van der Waals surface area (Å²) in [5, 5.41) is 6.12. The summed E-state index contributed by atoms with van der Waals surface area (Å²) in [5.41, 5.74) is 2.41. The van der Waals surface area contributed by atoms with Crippen LogP contribution >= 0.6 is 0 Å². The van der Waals surface area contributed by atoms with E-state index in [4.69, 9.17) is 0 Å². The predicted octanol–water partition coefficient (Wildman–Crippen LogP) is 3.21. The third-order valence-corrected chi connectivity index (χ3v) is 5.45. The van der Waals surface area contributed by atoms with E-state index >= 15 is 0 Å². The van der Waals surface area contributed by atoms with Gasteiger partial charge in [0.1, 0.15) is 0 Å². The summed E-state index contributed by atoms with van der Waals surface area (Å²) in [5.74, 6) is 0.987. The number of nitrogens with zero attached hydrogens (tertiary/aromatic N) is 2. The summed E-state index contributed by atoms with van der Waals surface area (Å²) in [6.07, 6.45) is 6.34. The number of hydrogen-bond acceptors (Lipinski definition) is 3. The number of guanidine groups is 1. The van der Waals surface area contributed by atoms with Crippen molar-refractivity contribution in [3.8, 4) is 0 Å². The van der Waals surface area contributed by atoms with Crippen LogP contribution in [0.3, 0.4) is 0 Å². The van der Waals surface area contributed by atoms with Gasteiger partial charge in [-0.15, -0.1) is 0 Å². The predicted molar refractivity (Wildman–Crippen MR) is 99.8 cm³/mol. The van der Waals surface area contributed by atoms with Crippen LogP contribution in [0.5, 0.6) is 0 Å². The van der Waals surface area contributed by atoms with Crippen molar-refractivity contribution >= 4 is 17.7 Å². The molecule has 1 saturated carbocycles. The molecule has 0 aromatic heterocycles. The number of likely N-dealkylation sites (tertiary alicyclic amines) is 1. The number of benzene rings is 1. The molecule has 1 spiro atoms. The molecule has 25 heavy (non-hydrogen) atoms. The van der Waals surface area contributed by atoms with Crippen LogP contribution in [-0.2, 0) is 11.3 Å². The van der Waals surface area contributed by atoms with Gasteiger partial charge in [0.05, 0.1) is 7.11 Å².